The first kappa shape index (κ1) is 10.5. The third-order valence-corrected chi connectivity index (χ3v) is 3.50. The molecule has 0 radical (unpaired) electrons. The smallest absolute Gasteiger partial charge is 0.168 e. The van der Waals surface area contributed by atoms with E-state index in [1.165, 1.54) is 6.42 Å². The fourth-order valence-electron chi connectivity index (χ4n) is 2.37. The molecule has 19 heavy (non-hydrogen) atoms. The maximum Gasteiger partial charge on any atom is 0.168 e. The molecule has 0 atom stereocenters. The van der Waals surface area contributed by atoms with Crippen LogP contribution in [-0.2, 0) is 0 Å². The Hall–Kier alpha value is -2.43. The zero-order chi connectivity index (χ0) is 12.7. The van der Waals surface area contributed by atoms with Crippen molar-refractivity contribution in [3.8, 4) is 5.69 Å². The van der Waals surface area contributed by atoms with Crippen molar-refractivity contribution in [2.45, 2.75) is 6.42 Å². The number of fused-ring (bicyclic) bond motifs is 1. The quantitative estimate of drug-likeness (QED) is 0.699. The van der Waals surface area contributed by atoms with E-state index in [1.807, 2.05) is 41.2 Å². The molecule has 5 nitrogen and oxygen atoms in total. The summed E-state index contributed by atoms with van der Waals surface area (Å²) in [5.74, 6) is 0.999. The van der Waals surface area contributed by atoms with Crippen molar-refractivity contribution in [1.82, 2.24) is 19.7 Å². The predicted molar refractivity (Wildman–Crippen MR) is 73.5 cm³/mol. The summed E-state index contributed by atoms with van der Waals surface area (Å²) < 4.78 is 1.86. The van der Waals surface area contributed by atoms with E-state index >= 15 is 0 Å². The van der Waals surface area contributed by atoms with Crippen LogP contribution in [0.15, 0.2) is 42.9 Å². The second-order valence-corrected chi connectivity index (χ2v) is 4.67. The third-order valence-electron chi connectivity index (χ3n) is 3.50. The summed E-state index contributed by atoms with van der Waals surface area (Å²) in [6.07, 6.45) is 4.71. The van der Waals surface area contributed by atoms with Crippen molar-refractivity contribution in [3.05, 3.63) is 42.9 Å². The minimum Gasteiger partial charge on any atom is -0.356 e. The molecule has 5 heteroatoms. The number of anilines is 1. The summed E-state index contributed by atoms with van der Waals surface area (Å²) >= 11 is 0. The molecular formula is C14H13N5. The molecule has 0 aliphatic carbocycles. The summed E-state index contributed by atoms with van der Waals surface area (Å²) in [6, 6.07) is 10.0. The Morgan fingerprint density at radius 3 is 2.58 bits per heavy atom. The van der Waals surface area contributed by atoms with Crippen molar-refractivity contribution in [2.75, 3.05) is 18.0 Å². The van der Waals surface area contributed by atoms with Crippen LogP contribution in [0.25, 0.3) is 16.7 Å². The van der Waals surface area contributed by atoms with E-state index in [1.54, 1.807) is 6.33 Å². The average Bonchev–Trinajstić information content (AvgIpc) is 2.83. The van der Waals surface area contributed by atoms with Gasteiger partial charge in [-0.05, 0) is 18.6 Å². The monoisotopic (exact) mass is 251 g/mol. The van der Waals surface area contributed by atoms with Gasteiger partial charge in [-0.25, -0.2) is 14.6 Å². The lowest BCUT2D eigenvalue weighted by Crippen LogP contribution is -2.37. The predicted octanol–water partition coefficient (Wildman–Crippen LogP) is 2.03. The maximum atomic E-state index is 4.45. The molecule has 1 aliphatic rings. The van der Waals surface area contributed by atoms with E-state index in [-0.39, 0.29) is 0 Å². The molecule has 94 valence electrons. The van der Waals surface area contributed by atoms with Crippen molar-refractivity contribution in [1.29, 1.82) is 0 Å². The Morgan fingerprint density at radius 1 is 1.00 bits per heavy atom. The summed E-state index contributed by atoms with van der Waals surface area (Å²) in [5, 5.41) is 5.47. The van der Waals surface area contributed by atoms with Gasteiger partial charge >= 0.3 is 0 Å². The lowest BCUT2D eigenvalue weighted by Gasteiger charge is -2.32. The average molecular weight is 251 g/mol. The molecule has 2 aromatic heterocycles. The van der Waals surface area contributed by atoms with Crippen LogP contribution >= 0.6 is 0 Å². The molecule has 4 rings (SSSR count). The number of hydrogen-bond acceptors (Lipinski definition) is 4. The first-order valence-electron chi connectivity index (χ1n) is 6.42. The van der Waals surface area contributed by atoms with Crippen LogP contribution in [0.1, 0.15) is 6.42 Å². The second-order valence-electron chi connectivity index (χ2n) is 4.67. The van der Waals surface area contributed by atoms with Crippen LogP contribution in [0.3, 0.4) is 0 Å². The topological polar surface area (TPSA) is 46.8 Å². The summed E-state index contributed by atoms with van der Waals surface area (Å²) in [5.41, 5.74) is 1.88. The number of benzene rings is 1. The molecule has 1 saturated heterocycles. The van der Waals surface area contributed by atoms with Crippen LogP contribution in [0.2, 0.25) is 0 Å². The maximum absolute atomic E-state index is 4.45. The highest BCUT2D eigenvalue weighted by Crippen LogP contribution is 2.27. The van der Waals surface area contributed by atoms with E-state index in [0.717, 1.165) is 35.6 Å². The first-order chi connectivity index (χ1) is 9.43. The van der Waals surface area contributed by atoms with Gasteiger partial charge in [-0.3, -0.25) is 0 Å². The Bertz CT molecular complexity index is 715. The van der Waals surface area contributed by atoms with E-state index in [0.29, 0.717) is 0 Å². The minimum atomic E-state index is 0.864. The number of para-hydroxylation sites is 1. The van der Waals surface area contributed by atoms with E-state index in [2.05, 4.69) is 20.0 Å². The molecule has 0 spiro atoms. The summed E-state index contributed by atoms with van der Waals surface area (Å²) in [4.78, 5) is 11.0. The van der Waals surface area contributed by atoms with E-state index in [9.17, 15) is 0 Å². The highest BCUT2D eigenvalue weighted by Gasteiger charge is 2.20. The molecule has 1 aliphatic heterocycles. The molecular weight excluding hydrogens is 238 g/mol. The van der Waals surface area contributed by atoms with Gasteiger partial charge in [-0.15, -0.1) is 0 Å². The van der Waals surface area contributed by atoms with Crippen LogP contribution < -0.4 is 4.90 Å². The van der Waals surface area contributed by atoms with Crippen LogP contribution in [0.4, 0.5) is 5.82 Å². The summed E-state index contributed by atoms with van der Waals surface area (Å²) in [6.45, 7) is 2.14. The van der Waals surface area contributed by atoms with Gasteiger partial charge in [0.15, 0.2) is 5.65 Å². The van der Waals surface area contributed by atoms with Gasteiger partial charge in [-0.1, -0.05) is 18.2 Å². The zero-order valence-electron chi connectivity index (χ0n) is 10.4. The lowest BCUT2D eigenvalue weighted by molar-refractivity contribution is 0.611. The van der Waals surface area contributed by atoms with E-state index < -0.39 is 0 Å². The van der Waals surface area contributed by atoms with Crippen LogP contribution in [0.5, 0.6) is 0 Å². The van der Waals surface area contributed by atoms with Crippen LogP contribution in [0, 0.1) is 0 Å². The highest BCUT2D eigenvalue weighted by atomic mass is 15.3. The van der Waals surface area contributed by atoms with Crippen molar-refractivity contribution in [3.63, 3.8) is 0 Å². The number of aromatic nitrogens is 4. The SMILES string of the molecule is c1ccc(-n2ncc3c(N4CCC4)ncnc32)cc1. The molecule has 3 aromatic rings. The zero-order valence-corrected chi connectivity index (χ0v) is 10.4. The first-order valence-corrected chi connectivity index (χ1v) is 6.42. The molecule has 0 amide bonds. The lowest BCUT2D eigenvalue weighted by atomic mass is 10.2. The Kier molecular flexibility index (Phi) is 2.24. The Labute approximate surface area is 110 Å². The number of rotatable bonds is 2. The molecule has 1 fully saturated rings. The number of nitrogens with zero attached hydrogens (tertiary/aromatic N) is 5. The molecule has 3 heterocycles. The van der Waals surface area contributed by atoms with Gasteiger partial charge in [0.05, 0.1) is 17.3 Å². The molecule has 0 bridgehead atoms. The molecule has 0 N–H and O–H groups in total. The van der Waals surface area contributed by atoms with Gasteiger partial charge in [0, 0.05) is 13.1 Å². The van der Waals surface area contributed by atoms with Crippen molar-refractivity contribution < 1.29 is 0 Å². The van der Waals surface area contributed by atoms with Gasteiger partial charge in [0.2, 0.25) is 0 Å². The molecule has 0 unspecified atom stereocenters. The molecule has 1 aromatic carbocycles. The fourth-order valence-corrected chi connectivity index (χ4v) is 2.37. The van der Waals surface area contributed by atoms with Crippen molar-refractivity contribution >= 4 is 16.9 Å². The van der Waals surface area contributed by atoms with E-state index in [4.69, 9.17) is 0 Å². The van der Waals surface area contributed by atoms with Crippen molar-refractivity contribution in [2.24, 2.45) is 0 Å². The summed E-state index contributed by atoms with van der Waals surface area (Å²) in [7, 11) is 0. The molecule has 0 saturated carbocycles. The number of hydrogen-bond donors (Lipinski definition) is 0. The van der Waals surface area contributed by atoms with Gasteiger partial charge < -0.3 is 4.90 Å². The Balaban J connectivity index is 1.90. The van der Waals surface area contributed by atoms with Gasteiger partial charge in [0.25, 0.3) is 0 Å². The standard InChI is InChI=1S/C14H13N5/c1-2-5-11(6-3-1)19-14-12(9-17-19)13(15-10-16-14)18-7-4-8-18/h1-3,5-6,9-10H,4,7-8H2. The minimum absolute atomic E-state index is 0.864. The van der Waals surface area contributed by atoms with Gasteiger partial charge in [-0.2, -0.15) is 5.10 Å². The fraction of sp³-hybridized carbons (Fsp3) is 0.214. The Morgan fingerprint density at radius 2 is 1.84 bits per heavy atom. The normalized spacial score (nSPS) is 14.6. The highest BCUT2D eigenvalue weighted by molar-refractivity contribution is 5.87. The van der Waals surface area contributed by atoms with Crippen LogP contribution in [-0.4, -0.2) is 32.8 Å². The second kappa shape index (κ2) is 4.05. The largest absolute Gasteiger partial charge is 0.356 e. The third kappa shape index (κ3) is 1.58. The van der Waals surface area contributed by atoms with Gasteiger partial charge in [0.1, 0.15) is 12.1 Å².